The summed E-state index contributed by atoms with van der Waals surface area (Å²) in [5, 5.41) is 14.9. The van der Waals surface area contributed by atoms with Crippen LogP contribution in [0.25, 0.3) is 120 Å². The lowest BCUT2D eigenvalue weighted by Gasteiger charge is -2.29. The van der Waals surface area contributed by atoms with Crippen LogP contribution >= 0.6 is 0 Å². The summed E-state index contributed by atoms with van der Waals surface area (Å²) in [7, 11) is 0. The van der Waals surface area contributed by atoms with Crippen LogP contribution in [0.2, 0.25) is 0 Å². The fourth-order valence-electron chi connectivity index (χ4n) is 12.7. The summed E-state index contributed by atoms with van der Waals surface area (Å²) in [6.45, 7) is 2.17. The maximum Gasteiger partial charge on any atom is 0.159 e. The zero-order valence-electron chi connectivity index (χ0n) is 42.6. The summed E-state index contributed by atoms with van der Waals surface area (Å²) in [5.74, 6) is -0.644. The standard InChI is InChI=1S/C73H44F2N2O2/c1-43-40-61-63(77(52-34-30-50(75)31-35-52)65-25-13-23-58-69-55-21-11-9-19-48(55)42-60(73(69)79-71(58)65)45-16-6-3-7-17-45)38-27-46-26-36-56-62(39-37-53(43)67(56)66(46)61)76(51-32-28-49(74)29-33-51)64-24-12-22-57-68-54-20-10-8-18-47(54)41-59(72(68)78-70(57)64)44-14-4-2-5-15-44/h2-42H,1H3. The number of hydrogen-bond acceptors (Lipinski definition) is 4. The van der Waals surface area contributed by atoms with Crippen molar-refractivity contribution in [2.24, 2.45) is 0 Å². The summed E-state index contributed by atoms with van der Waals surface area (Å²) >= 11 is 0. The molecule has 79 heavy (non-hydrogen) atoms. The topological polar surface area (TPSA) is 32.8 Å². The Bertz CT molecular complexity index is 5110. The predicted octanol–water partition coefficient (Wildman–Crippen LogP) is 21.5. The maximum absolute atomic E-state index is 15.1. The van der Waals surface area contributed by atoms with Crippen LogP contribution in [0.4, 0.5) is 42.9 Å². The van der Waals surface area contributed by atoms with E-state index in [4.69, 9.17) is 8.83 Å². The van der Waals surface area contributed by atoms with E-state index in [-0.39, 0.29) is 11.6 Å². The van der Waals surface area contributed by atoms with Crippen LogP contribution < -0.4 is 9.80 Å². The molecule has 0 aliphatic heterocycles. The molecular weight excluding hydrogens is 975 g/mol. The summed E-state index contributed by atoms with van der Waals surface area (Å²) in [4.78, 5) is 4.44. The molecule has 16 aromatic rings. The Morgan fingerprint density at radius 2 is 0.734 bits per heavy atom. The molecule has 0 radical (unpaired) electrons. The first-order valence-electron chi connectivity index (χ1n) is 26.6. The van der Waals surface area contributed by atoms with Crippen LogP contribution in [0.1, 0.15) is 5.56 Å². The van der Waals surface area contributed by atoms with Crippen LogP contribution in [0.5, 0.6) is 0 Å². The lowest BCUT2D eigenvalue weighted by Crippen LogP contribution is -2.12. The van der Waals surface area contributed by atoms with Gasteiger partial charge in [0, 0.05) is 54.8 Å². The van der Waals surface area contributed by atoms with Crippen molar-refractivity contribution in [1.82, 2.24) is 0 Å². The van der Waals surface area contributed by atoms with E-state index in [0.29, 0.717) is 0 Å². The van der Waals surface area contributed by atoms with Crippen molar-refractivity contribution in [2.75, 3.05) is 9.80 Å². The third-order valence-electron chi connectivity index (χ3n) is 16.2. The lowest BCUT2D eigenvalue weighted by molar-refractivity contribution is 0.627. The molecule has 16 rings (SSSR count). The van der Waals surface area contributed by atoms with Crippen LogP contribution in [0, 0.1) is 18.6 Å². The smallest absolute Gasteiger partial charge is 0.159 e. The zero-order valence-corrected chi connectivity index (χ0v) is 42.6. The summed E-state index contributed by atoms with van der Waals surface area (Å²) in [6, 6.07) is 83.9. The molecule has 0 aliphatic carbocycles. The van der Waals surface area contributed by atoms with Gasteiger partial charge < -0.3 is 18.6 Å². The number of para-hydroxylation sites is 2. The number of fused-ring (bicyclic) bond motifs is 10. The number of rotatable bonds is 8. The minimum Gasteiger partial charge on any atom is -0.453 e. The van der Waals surface area contributed by atoms with Crippen LogP contribution in [0.3, 0.4) is 0 Å². The summed E-state index contributed by atoms with van der Waals surface area (Å²) in [6.07, 6.45) is 0. The summed E-state index contributed by atoms with van der Waals surface area (Å²) < 4.78 is 44.6. The van der Waals surface area contributed by atoms with E-state index in [0.717, 1.165) is 160 Å². The molecule has 0 aliphatic rings. The Morgan fingerprint density at radius 1 is 0.291 bits per heavy atom. The molecule has 2 heterocycles. The SMILES string of the molecule is Cc1cc2c(N(c3ccc(F)cc3)c3cccc4c3oc3c(-c5ccccc5)cc5ccccc5c34)ccc3ccc4c(N(c5ccc(F)cc5)c5cccc6c5oc5c(-c7ccccc7)cc7ccccc7c56)ccc1c4c32. The van der Waals surface area contributed by atoms with E-state index in [2.05, 4.69) is 205 Å². The molecule has 0 spiro atoms. The highest BCUT2D eigenvalue weighted by Gasteiger charge is 2.28. The Labute approximate surface area is 452 Å². The van der Waals surface area contributed by atoms with Crippen LogP contribution in [0.15, 0.2) is 258 Å². The Hall–Kier alpha value is -10.3. The number of nitrogens with zero attached hydrogens (tertiary/aromatic N) is 2. The second-order valence-corrected chi connectivity index (χ2v) is 20.6. The largest absolute Gasteiger partial charge is 0.453 e. The molecule has 372 valence electrons. The molecular formula is C73H44F2N2O2. The molecule has 0 fully saturated rings. The minimum atomic E-state index is -0.322. The van der Waals surface area contributed by atoms with Crippen molar-refractivity contribution in [1.29, 1.82) is 0 Å². The van der Waals surface area contributed by atoms with Gasteiger partial charge in [0.25, 0.3) is 0 Å². The molecule has 0 unspecified atom stereocenters. The van der Waals surface area contributed by atoms with E-state index in [1.54, 1.807) is 0 Å². The number of anilines is 6. The van der Waals surface area contributed by atoms with Gasteiger partial charge in [-0.15, -0.1) is 0 Å². The van der Waals surface area contributed by atoms with Crippen molar-refractivity contribution in [3.8, 4) is 22.3 Å². The van der Waals surface area contributed by atoms with Crippen molar-refractivity contribution < 1.29 is 17.6 Å². The number of hydrogen-bond donors (Lipinski definition) is 0. The second-order valence-electron chi connectivity index (χ2n) is 20.6. The Kier molecular flexibility index (Phi) is 9.88. The molecule has 0 atom stereocenters. The van der Waals surface area contributed by atoms with Gasteiger partial charge in [0.05, 0.1) is 22.7 Å². The van der Waals surface area contributed by atoms with E-state index in [9.17, 15) is 0 Å². The highest BCUT2D eigenvalue weighted by Crippen LogP contribution is 2.53. The first kappa shape index (κ1) is 44.9. The average molecular weight is 1020 g/mol. The quantitative estimate of drug-likeness (QED) is 0.142. The third-order valence-corrected chi connectivity index (χ3v) is 16.2. The number of halogens is 2. The maximum atomic E-state index is 15.1. The fraction of sp³-hybridized carbons (Fsp3) is 0.0137. The van der Waals surface area contributed by atoms with Gasteiger partial charge >= 0.3 is 0 Å². The summed E-state index contributed by atoms with van der Waals surface area (Å²) in [5.41, 5.74) is 13.3. The zero-order chi connectivity index (χ0) is 52.5. The molecule has 2 aromatic heterocycles. The third kappa shape index (κ3) is 6.84. The van der Waals surface area contributed by atoms with E-state index in [1.165, 1.54) is 24.3 Å². The molecule has 0 saturated carbocycles. The highest BCUT2D eigenvalue weighted by molar-refractivity contribution is 6.31. The van der Waals surface area contributed by atoms with Crippen molar-refractivity contribution >= 4 is 132 Å². The van der Waals surface area contributed by atoms with E-state index in [1.807, 2.05) is 36.4 Å². The predicted molar refractivity (Wildman–Crippen MR) is 325 cm³/mol. The van der Waals surface area contributed by atoms with Gasteiger partial charge in [-0.1, -0.05) is 158 Å². The number of aryl methyl sites for hydroxylation is 1. The van der Waals surface area contributed by atoms with Crippen molar-refractivity contribution in [3.63, 3.8) is 0 Å². The van der Waals surface area contributed by atoms with Crippen LogP contribution in [-0.4, -0.2) is 0 Å². The van der Waals surface area contributed by atoms with Gasteiger partial charge in [-0.05, 0) is 158 Å². The molecule has 0 N–H and O–H groups in total. The first-order chi connectivity index (χ1) is 38.9. The monoisotopic (exact) mass is 1020 g/mol. The molecule has 0 saturated heterocycles. The second kappa shape index (κ2) is 17.4. The molecule has 6 heteroatoms. The van der Waals surface area contributed by atoms with Crippen molar-refractivity contribution in [3.05, 3.63) is 266 Å². The fourth-order valence-corrected chi connectivity index (χ4v) is 12.7. The van der Waals surface area contributed by atoms with Crippen molar-refractivity contribution in [2.45, 2.75) is 6.92 Å². The lowest BCUT2D eigenvalue weighted by atomic mass is 9.89. The molecule has 4 nitrogen and oxygen atoms in total. The highest BCUT2D eigenvalue weighted by atomic mass is 19.1. The van der Waals surface area contributed by atoms with E-state index >= 15 is 8.78 Å². The van der Waals surface area contributed by atoms with Gasteiger partial charge in [0.15, 0.2) is 11.2 Å². The number of benzene rings is 14. The minimum absolute atomic E-state index is 0.322. The van der Waals surface area contributed by atoms with E-state index < -0.39 is 0 Å². The Balaban J connectivity index is 0.956. The van der Waals surface area contributed by atoms with Crippen LogP contribution in [-0.2, 0) is 0 Å². The number of furan rings is 2. The molecule has 0 bridgehead atoms. The first-order valence-corrected chi connectivity index (χ1v) is 26.6. The average Bonchev–Trinajstić information content (AvgIpc) is 4.34. The Morgan fingerprint density at radius 3 is 1.27 bits per heavy atom. The van der Waals surface area contributed by atoms with Gasteiger partial charge in [0.2, 0.25) is 0 Å². The van der Waals surface area contributed by atoms with Gasteiger partial charge in [-0.25, -0.2) is 8.78 Å². The molecule has 14 aromatic carbocycles. The molecule has 0 amide bonds. The van der Waals surface area contributed by atoms with Gasteiger partial charge in [0.1, 0.15) is 22.8 Å². The van der Waals surface area contributed by atoms with Gasteiger partial charge in [-0.2, -0.15) is 0 Å². The normalized spacial score (nSPS) is 12.0. The van der Waals surface area contributed by atoms with Gasteiger partial charge in [-0.3, -0.25) is 0 Å².